The fourth-order valence-corrected chi connectivity index (χ4v) is 3.63. The molecule has 162 valence electrons. The number of aryl methyl sites for hydroxylation is 1. The van der Waals surface area contributed by atoms with E-state index in [1.807, 2.05) is 23.6 Å². The lowest BCUT2D eigenvalue weighted by molar-refractivity contribution is -0.137. The topological polar surface area (TPSA) is 72.2 Å². The minimum Gasteiger partial charge on any atom is -0.318 e. The zero-order valence-electron chi connectivity index (χ0n) is 17.0. The number of rotatable bonds is 4. The summed E-state index contributed by atoms with van der Waals surface area (Å²) < 4.78 is 40.1. The highest BCUT2D eigenvalue weighted by Gasteiger charge is 2.30. The summed E-state index contributed by atoms with van der Waals surface area (Å²) in [5.41, 5.74) is 3.90. The Hall–Kier alpha value is -3.75. The number of anilines is 1. The monoisotopic (exact) mass is 437 g/mol. The number of nitrogens with one attached hydrogen (secondary N) is 1. The van der Waals surface area contributed by atoms with Crippen LogP contribution in [0, 0.1) is 6.92 Å². The molecule has 0 spiro atoms. The van der Waals surface area contributed by atoms with E-state index in [1.54, 1.807) is 6.07 Å². The van der Waals surface area contributed by atoms with Gasteiger partial charge in [-0.1, -0.05) is 12.1 Å². The lowest BCUT2D eigenvalue weighted by atomic mass is 10.1. The number of fused-ring (bicyclic) bond motifs is 1. The molecule has 5 rings (SSSR count). The summed E-state index contributed by atoms with van der Waals surface area (Å²) >= 11 is 0. The molecule has 1 fully saturated rings. The molecule has 1 aliphatic carbocycles. The molecular formula is C23H18F3N5O. The van der Waals surface area contributed by atoms with Crippen LogP contribution in [0.3, 0.4) is 0 Å². The Kier molecular flexibility index (Phi) is 4.69. The quantitative estimate of drug-likeness (QED) is 0.474. The minimum absolute atomic E-state index is 0.0400. The minimum atomic E-state index is -4.39. The van der Waals surface area contributed by atoms with Crippen LogP contribution >= 0.6 is 0 Å². The molecule has 1 aliphatic rings. The van der Waals surface area contributed by atoms with Crippen molar-refractivity contribution < 1.29 is 18.0 Å². The zero-order valence-corrected chi connectivity index (χ0v) is 17.0. The van der Waals surface area contributed by atoms with E-state index in [0.29, 0.717) is 22.7 Å². The van der Waals surface area contributed by atoms with Gasteiger partial charge in [0.05, 0.1) is 16.9 Å². The van der Waals surface area contributed by atoms with Gasteiger partial charge in [0, 0.05) is 35.8 Å². The number of pyridine rings is 1. The van der Waals surface area contributed by atoms with Gasteiger partial charge < -0.3 is 9.72 Å². The molecule has 3 aromatic heterocycles. The molecule has 1 amide bonds. The van der Waals surface area contributed by atoms with Crippen LogP contribution in [0.1, 0.15) is 46.3 Å². The number of nitrogens with zero attached hydrogens (tertiary/aromatic N) is 4. The molecule has 9 heteroatoms. The van der Waals surface area contributed by atoms with E-state index in [1.165, 1.54) is 24.5 Å². The van der Waals surface area contributed by atoms with E-state index in [0.717, 1.165) is 42.0 Å². The fraction of sp³-hybridized carbons (Fsp3) is 0.217. The highest BCUT2D eigenvalue weighted by molar-refractivity contribution is 6.01. The summed E-state index contributed by atoms with van der Waals surface area (Å²) in [7, 11) is 0. The van der Waals surface area contributed by atoms with E-state index in [9.17, 15) is 18.0 Å². The first kappa shape index (κ1) is 20.2. The van der Waals surface area contributed by atoms with Crippen LogP contribution in [0.15, 0.2) is 55.0 Å². The maximum absolute atomic E-state index is 12.7. The van der Waals surface area contributed by atoms with Gasteiger partial charge in [0.15, 0.2) is 0 Å². The number of carbonyl (C=O) groups excluding carboxylic acids is 1. The Morgan fingerprint density at radius 1 is 1.03 bits per heavy atom. The van der Waals surface area contributed by atoms with Gasteiger partial charge in [-0.3, -0.25) is 4.79 Å². The van der Waals surface area contributed by atoms with Crippen molar-refractivity contribution in [1.82, 2.24) is 19.4 Å². The lowest BCUT2D eigenvalue weighted by Crippen LogP contribution is -2.15. The fourth-order valence-electron chi connectivity index (χ4n) is 3.63. The highest BCUT2D eigenvalue weighted by atomic mass is 19.4. The van der Waals surface area contributed by atoms with Crippen molar-refractivity contribution in [3.05, 3.63) is 77.8 Å². The first-order chi connectivity index (χ1) is 15.3. The summed E-state index contributed by atoms with van der Waals surface area (Å²) in [6, 6.07) is 8.31. The number of hydrogen-bond donors (Lipinski definition) is 1. The van der Waals surface area contributed by atoms with Crippen molar-refractivity contribution in [3.63, 3.8) is 0 Å². The maximum atomic E-state index is 12.7. The Labute approximate surface area is 181 Å². The maximum Gasteiger partial charge on any atom is 0.416 e. The Balaban J connectivity index is 1.32. The summed E-state index contributed by atoms with van der Waals surface area (Å²) in [5.74, 6) is 0.00908. The molecule has 1 aromatic carbocycles. The van der Waals surface area contributed by atoms with E-state index >= 15 is 0 Å². The number of amides is 1. The molecule has 0 saturated heterocycles. The van der Waals surface area contributed by atoms with Crippen LogP contribution in [0.5, 0.6) is 0 Å². The average molecular weight is 437 g/mol. The van der Waals surface area contributed by atoms with Gasteiger partial charge in [0.25, 0.3) is 5.91 Å². The average Bonchev–Trinajstić information content (AvgIpc) is 3.57. The molecule has 3 heterocycles. The van der Waals surface area contributed by atoms with Crippen molar-refractivity contribution >= 4 is 17.2 Å². The van der Waals surface area contributed by atoms with Gasteiger partial charge in [0.2, 0.25) is 5.82 Å². The van der Waals surface area contributed by atoms with E-state index < -0.39 is 17.6 Å². The van der Waals surface area contributed by atoms with Crippen molar-refractivity contribution in [3.8, 4) is 11.1 Å². The third kappa shape index (κ3) is 3.81. The predicted molar refractivity (Wildman–Crippen MR) is 112 cm³/mol. The number of alkyl halides is 3. The van der Waals surface area contributed by atoms with Gasteiger partial charge in [-0.05, 0) is 49.6 Å². The van der Waals surface area contributed by atoms with E-state index in [2.05, 4.69) is 20.3 Å². The molecule has 32 heavy (non-hydrogen) atoms. The van der Waals surface area contributed by atoms with Crippen molar-refractivity contribution in [2.45, 2.75) is 31.9 Å². The van der Waals surface area contributed by atoms with Crippen LogP contribution in [0.4, 0.5) is 18.9 Å². The smallest absolute Gasteiger partial charge is 0.318 e. The molecule has 4 aromatic rings. The van der Waals surface area contributed by atoms with E-state index in [4.69, 9.17) is 0 Å². The summed E-state index contributed by atoms with van der Waals surface area (Å²) in [5, 5.41) is 2.78. The second-order valence-electron chi connectivity index (χ2n) is 7.83. The largest absolute Gasteiger partial charge is 0.416 e. The molecule has 6 nitrogen and oxygen atoms in total. The van der Waals surface area contributed by atoms with Crippen LogP contribution < -0.4 is 5.32 Å². The summed E-state index contributed by atoms with van der Waals surface area (Å²) in [6.07, 6.45) is 2.57. The second-order valence-corrected chi connectivity index (χ2v) is 7.83. The highest BCUT2D eigenvalue weighted by Crippen LogP contribution is 2.41. The number of halogens is 3. The lowest BCUT2D eigenvalue weighted by Gasteiger charge is -2.08. The van der Waals surface area contributed by atoms with Crippen molar-refractivity contribution in [1.29, 1.82) is 0 Å². The van der Waals surface area contributed by atoms with Crippen LogP contribution in [0.2, 0.25) is 0 Å². The van der Waals surface area contributed by atoms with Gasteiger partial charge in [-0.2, -0.15) is 13.2 Å². The summed E-state index contributed by atoms with van der Waals surface area (Å²) in [4.78, 5) is 25.4. The first-order valence-electron chi connectivity index (χ1n) is 10.1. The van der Waals surface area contributed by atoms with Crippen molar-refractivity contribution in [2.75, 3.05) is 5.32 Å². The molecule has 0 unspecified atom stereocenters. The Morgan fingerprint density at radius 2 is 1.72 bits per heavy atom. The molecule has 0 radical (unpaired) electrons. The Bertz CT molecular complexity index is 1310. The number of aromatic nitrogens is 4. The second kappa shape index (κ2) is 7.44. The third-order valence-electron chi connectivity index (χ3n) is 5.52. The number of hydrogen-bond acceptors (Lipinski definition) is 4. The van der Waals surface area contributed by atoms with Gasteiger partial charge >= 0.3 is 6.18 Å². The first-order valence-corrected chi connectivity index (χ1v) is 10.1. The Morgan fingerprint density at radius 3 is 2.34 bits per heavy atom. The normalized spacial score (nSPS) is 14.0. The van der Waals surface area contributed by atoms with Crippen LogP contribution in [-0.2, 0) is 6.18 Å². The SMILES string of the molecule is Cc1c(C2CC2)nc2ccc(NC(=O)c3ncc(-c4ccc(C(F)(F)F)cc4)cn3)cn12. The standard InChI is InChI=1S/C23H18F3N5O/c1-13-20(15-2-3-15)30-19-9-8-18(12-31(13)19)29-22(32)21-27-10-16(11-28-21)14-4-6-17(7-5-14)23(24,25)26/h4-12,15H,2-3H2,1H3,(H,29,32). The molecule has 0 atom stereocenters. The number of imidazole rings is 1. The zero-order chi connectivity index (χ0) is 22.5. The molecule has 0 bridgehead atoms. The van der Waals surface area contributed by atoms with Crippen molar-refractivity contribution in [2.24, 2.45) is 0 Å². The van der Waals surface area contributed by atoms with Gasteiger partial charge in [-0.15, -0.1) is 0 Å². The predicted octanol–water partition coefficient (Wildman–Crippen LogP) is 5.25. The van der Waals surface area contributed by atoms with Gasteiger partial charge in [-0.25, -0.2) is 15.0 Å². The molecule has 1 N–H and O–H groups in total. The number of benzene rings is 1. The third-order valence-corrected chi connectivity index (χ3v) is 5.52. The van der Waals surface area contributed by atoms with E-state index in [-0.39, 0.29) is 5.82 Å². The van der Waals surface area contributed by atoms with Crippen LogP contribution in [-0.4, -0.2) is 25.3 Å². The molecule has 1 saturated carbocycles. The number of carbonyl (C=O) groups is 1. The van der Waals surface area contributed by atoms with Crippen LogP contribution in [0.25, 0.3) is 16.8 Å². The molecular weight excluding hydrogens is 419 g/mol. The molecule has 0 aliphatic heterocycles. The summed E-state index contributed by atoms with van der Waals surface area (Å²) in [6.45, 7) is 2.02. The van der Waals surface area contributed by atoms with Gasteiger partial charge in [0.1, 0.15) is 5.65 Å².